The molecule has 1 unspecified atom stereocenters. The minimum atomic E-state index is -1.01. The molecule has 0 radical (unpaired) electrons. The first-order valence-corrected chi connectivity index (χ1v) is 9.96. The predicted octanol–water partition coefficient (Wildman–Crippen LogP) is 3.56. The van der Waals surface area contributed by atoms with E-state index in [1.165, 1.54) is 0 Å². The molecule has 1 atom stereocenters. The lowest BCUT2D eigenvalue weighted by molar-refractivity contribution is -0.132. The summed E-state index contributed by atoms with van der Waals surface area (Å²) in [7, 11) is 0. The highest BCUT2D eigenvalue weighted by atomic mass is 16.5. The van der Waals surface area contributed by atoms with Gasteiger partial charge in [0, 0.05) is 17.4 Å². The van der Waals surface area contributed by atoms with Gasteiger partial charge in [0.05, 0.1) is 12.2 Å². The largest absolute Gasteiger partial charge is 0.462 e. The van der Waals surface area contributed by atoms with E-state index >= 15 is 0 Å². The van der Waals surface area contributed by atoms with Crippen LogP contribution in [0.4, 0.5) is 11.4 Å². The maximum atomic E-state index is 13.4. The average Bonchev–Trinajstić information content (AvgIpc) is 3.46. The second kappa shape index (κ2) is 7.35. The molecule has 4 rings (SSSR count). The van der Waals surface area contributed by atoms with Crippen LogP contribution in [0.15, 0.2) is 48.5 Å². The molecule has 1 fully saturated rings. The van der Waals surface area contributed by atoms with Crippen LogP contribution < -0.4 is 10.2 Å². The summed E-state index contributed by atoms with van der Waals surface area (Å²) in [5, 5.41) is 2.85. The number of nitrogens with one attached hydrogen (secondary N) is 1. The van der Waals surface area contributed by atoms with Gasteiger partial charge in [-0.1, -0.05) is 18.2 Å². The van der Waals surface area contributed by atoms with E-state index in [-0.39, 0.29) is 17.9 Å². The molecule has 1 aliphatic carbocycles. The van der Waals surface area contributed by atoms with Gasteiger partial charge in [0.2, 0.25) is 11.8 Å². The van der Waals surface area contributed by atoms with Crippen LogP contribution in [0.3, 0.4) is 0 Å². The summed E-state index contributed by atoms with van der Waals surface area (Å²) < 4.78 is 4.96. The number of carbonyl (C=O) groups excluding carboxylic acids is 3. The second-order valence-corrected chi connectivity index (χ2v) is 7.69. The summed E-state index contributed by atoms with van der Waals surface area (Å²) in [4.78, 5) is 39.9. The Morgan fingerprint density at radius 3 is 2.45 bits per heavy atom. The number of fused-ring (bicyclic) bond motifs is 1. The Labute approximate surface area is 169 Å². The van der Waals surface area contributed by atoms with E-state index in [0.29, 0.717) is 30.7 Å². The quantitative estimate of drug-likeness (QED) is 0.624. The van der Waals surface area contributed by atoms with Crippen molar-refractivity contribution in [3.63, 3.8) is 0 Å². The maximum Gasteiger partial charge on any atom is 0.338 e. The van der Waals surface area contributed by atoms with Crippen LogP contribution in [-0.2, 0) is 20.7 Å². The molecule has 1 saturated carbocycles. The van der Waals surface area contributed by atoms with Gasteiger partial charge in [-0.05, 0) is 69.0 Å². The molecule has 0 aromatic heterocycles. The number of ether oxygens (including phenoxy) is 1. The van der Waals surface area contributed by atoms with E-state index < -0.39 is 11.4 Å². The highest BCUT2D eigenvalue weighted by molar-refractivity contribution is 6.18. The first kappa shape index (κ1) is 19.2. The first-order valence-electron chi connectivity index (χ1n) is 9.96. The number of carbonyl (C=O) groups is 3. The number of hydrogen-bond acceptors (Lipinski definition) is 4. The minimum Gasteiger partial charge on any atom is -0.462 e. The Balaban J connectivity index is 1.49. The Kier molecular flexibility index (Phi) is 4.86. The molecule has 6 heteroatoms. The number of nitrogens with zero attached hydrogens (tertiary/aromatic N) is 1. The topological polar surface area (TPSA) is 75.7 Å². The van der Waals surface area contributed by atoms with Crippen LogP contribution in [0, 0.1) is 5.41 Å². The molecule has 1 aliphatic heterocycles. The first-order chi connectivity index (χ1) is 14.0. The lowest BCUT2D eigenvalue weighted by atomic mass is 10.0. The van der Waals surface area contributed by atoms with Crippen molar-refractivity contribution >= 4 is 29.2 Å². The second-order valence-electron chi connectivity index (χ2n) is 7.69. The van der Waals surface area contributed by atoms with Gasteiger partial charge in [-0.15, -0.1) is 0 Å². The van der Waals surface area contributed by atoms with E-state index in [0.717, 1.165) is 17.7 Å². The summed E-state index contributed by atoms with van der Waals surface area (Å²) in [6.07, 6.45) is 1.89. The van der Waals surface area contributed by atoms with Gasteiger partial charge in [-0.2, -0.15) is 0 Å². The summed E-state index contributed by atoms with van der Waals surface area (Å²) >= 11 is 0. The SMILES string of the molecule is CCOC(=O)c1ccc(NC(=O)C2(C(=O)N3c4ccccc4CC3C)CC2)cc1. The normalized spacial score (nSPS) is 18.7. The lowest BCUT2D eigenvalue weighted by Gasteiger charge is -2.27. The summed E-state index contributed by atoms with van der Waals surface area (Å²) in [6, 6.07) is 14.4. The smallest absolute Gasteiger partial charge is 0.338 e. The van der Waals surface area contributed by atoms with E-state index in [4.69, 9.17) is 4.74 Å². The van der Waals surface area contributed by atoms with Crippen LogP contribution >= 0.6 is 0 Å². The van der Waals surface area contributed by atoms with Crippen molar-refractivity contribution in [2.75, 3.05) is 16.8 Å². The van der Waals surface area contributed by atoms with Crippen molar-refractivity contribution < 1.29 is 19.1 Å². The zero-order chi connectivity index (χ0) is 20.6. The molecule has 2 aromatic rings. The maximum absolute atomic E-state index is 13.4. The molecular weight excluding hydrogens is 368 g/mol. The van der Waals surface area contributed by atoms with Gasteiger partial charge in [-0.25, -0.2) is 4.79 Å². The fraction of sp³-hybridized carbons (Fsp3) is 0.348. The zero-order valence-corrected chi connectivity index (χ0v) is 16.6. The third kappa shape index (κ3) is 3.39. The van der Waals surface area contributed by atoms with Crippen molar-refractivity contribution in [1.29, 1.82) is 0 Å². The van der Waals surface area contributed by atoms with Crippen LogP contribution in [0.2, 0.25) is 0 Å². The number of benzene rings is 2. The number of rotatable bonds is 5. The Hall–Kier alpha value is -3.15. The van der Waals surface area contributed by atoms with Gasteiger partial charge >= 0.3 is 5.97 Å². The van der Waals surface area contributed by atoms with Crippen molar-refractivity contribution in [1.82, 2.24) is 0 Å². The van der Waals surface area contributed by atoms with Gasteiger partial charge in [0.15, 0.2) is 0 Å². The molecule has 1 heterocycles. The van der Waals surface area contributed by atoms with Crippen molar-refractivity contribution in [2.45, 2.75) is 39.2 Å². The van der Waals surface area contributed by atoms with Gasteiger partial charge in [-0.3, -0.25) is 9.59 Å². The molecule has 0 spiro atoms. The Morgan fingerprint density at radius 2 is 1.79 bits per heavy atom. The monoisotopic (exact) mass is 392 g/mol. The third-order valence-corrected chi connectivity index (χ3v) is 5.67. The van der Waals surface area contributed by atoms with Crippen molar-refractivity contribution in [2.24, 2.45) is 5.41 Å². The van der Waals surface area contributed by atoms with Crippen LogP contribution in [0.25, 0.3) is 0 Å². The van der Waals surface area contributed by atoms with Crippen molar-refractivity contribution in [3.05, 3.63) is 59.7 Å². The number of anilines is 2. The third-order valence-electron chi connectivity index (χ3n) is 5.67. The summed E-state index contributed by atoms with van der Waals surface area (Å²) in [5.74, 6) is -0.820. The Bertz CT molecular complexity index is 963. The van der Waals surface area contributed by atoms with Gasteiger partial charge < -0.3 is 15.0 Å². The summed E-state index contributed by atoms with van der Waals surface area (Å²) in [5.41, 5.74) is 2.01. The molecule has 150 valence electrons. The molecule has 1 N–H and O–H groups in total. The van der Waals surface area contributed by atoms with E-state index in [9.17, 15) is 14.4 Å². The molecule has 6 nitrogen and oxygen atoms in total. The number of para-hydroxylation sites is 1. The van der Waals surface area contributed by atoms with E-state index in [1.54, 1.807) is 36.1 Å². The molecule has 29 heavy (non-hydrogen) atoms. The van der Waals surface area contributed by atoms with E-state index in [1.807, 2.05) is 31.2 Å². The van der Waals surface area contributed by atoms with Crippen LogP contribution in [0.1, 0.15) is 42.6 Å². The predicted molar refractivity (Wildman–Crippen MR) is 110 cm³/mol. The fourth-order valence-electron chi connectivity index (χ4n) is 3.92. The zero-order valence-electron chi connectivity index (χ0n) is 16.6. The molecule has 0 bridgehead atoms. The molecule has 0 saturated heterocycles. The van der Waals surface area contributed by atoms with Gasteiger partial charge in [0.1, 0.15) is 5.41 Å². The fourth-order valence-corrected chi connectivity index (χ4v) is 3.92. The number of esters is 1. The lowest BCUT2D eigenvalue weighted by Crippen LogP contribution is -2.45. The summed E-state index contributed by atoms with van der Waals surface area (Å²) in [6.45, 7) is 4.07. The Morgan fingerprint density at radius 1 is 1.10 bits per heavy atom. The van der Waals surface area contributed by atoms with Crippen molar-refractivity contribution in [3.8, 4) is 0 Å². The molecule has 2 aromatic carbocycles. The van der Waals surface area contributed by atoms with Crippen LogP contribution in [-0.4, -0.2) is 30.4 Å². The van der Waals surface area contributed by atoms with Crippen LogP contribution in [0.5, 0.6) is 0 Å². The standard InChI is InChI=1S/C23H24N2O4/c1-3-29-20(26)16-8-10-18(11-9-16)24-21(27)23(12-13-23)22(28)25-15(2)14-17-6-4-5-7-19(17)25/h4-11,15H,3,12-14H2,1-2H3,(H,24,27). The number of amides is 2. The number of hydrogen-bond donors (Lipinski definition) is 1. The highest BCUT2D eigenvalue weighted by Crippen LogP contribution is 2.50. The molecular formula is C23H24N2O4. The average molecular weight is 392 g/mol. The minimum absolute atomic E-state index is 0.0361. The van der Waals surface area contributed by atoms with E-state index in [2.05, 4.69) is 5.32 Å². The van der Waals surface area contributed by atoms with Gasteiger partial charge in [0.25, 0.3) is 0 Å². The molecule has 2 amide bonds. The molecule has 2 aliphatic rings. The highest BCUT2D eigenvalue weighted by Gasteiger charge is 2.59.